The fourth-order valence-corrected chi connectivity index (χ4v) is 3.49. The number of anilines is 1. The summed E-state index contributed by atoms with van der Waals surface area (Å²) in [5.74, 6) is -0.0370. The Labute approximate surface area is 146 Å². The smallest absolute Gasteiger partial charge is 0.234 e. The zero-order valence-electron chi connectivity index (χ0n) is 10.5. The largest absolute Gasteiger partial charge is 0.323 e. The van der Waals surface area contributed by atoms with E-state index >= 15 is 0 Å². The van der Waals surface area contributed by atoms with Gasteiger partial charge >= 0.3 is 0 Å². The van der Waals surface area contributed by atoms with Crippen LogP contribution in [0.15, 0.2) is 41.3 Å². The quantitative estimate of drug-likeness (QED) is 0.656. The number of hydrogen-bond donors (Lipinski definition) is 1. The first kappa shape index (κ1) is 16.8. The topological polar surface area (TPSA) is 29.1 Å². The summed E-state index contributed by atoms with van der Waals surface area (Å²) in [7, 11) is 0. The Morgan fingerprint density at radius 2 is 1.62 bits per heavy atom. The van der Waals surface area contributed by atoms with Gasteiger partial charge in [-0.2, -0.15) is 0 Å². The van der Waals surface area contributed by atoms with Gasteiger partial charge in [0.25, 0.3) is 0 Å². The molecule has 110 valence electrons. The first-order chi connectivity index (χ1) is 9.97. The van der Waals surface area contributed by atoms with Crippen LogP contribution in [0.5, 0.6) is 0 Å². The van der Waals surface area contributed by atoms with Crippen molar-refractivity contribution in [2.24, 2.45) is 0 Å². The Morgan fingerprint density at radius 3 is 2.24 bits per heavy atom. The van der Waals surface area contributed by atoms with Gasteiger partial charge in [0.2, 0.25) is 5.91 Å². The molecule has 0 aliphatic carbocycles. The zero-order valence-corrected chi connectivity index (χ0v) is 14.3. The number of nitrogens with one attached hydrogen (secondary N) is 1. The van der Waals surface area contributed by atoms with Gasteiger partial charge in [-0.1, -0.05) is 58.5 Å². The van der Waals surface area contributed by atoms with Crippen LogP contribution in [0, 0.1) is 0 Å². The number of carbonyl (C=O) groups excluding carboxylic acids is 1. The Hall–Kier alpha value is -0.580. The lowest BCUT2D eigenvalue weighted by atomic mass is 10.3. The maximum atomic E-state index is 12.0. The molecule has 0 aromatic heterocycles. The van der Waals surface area contributed by atoms with Crippen molar-refractivity contribution in [3.63, 3.8) is 0 Å². The first-order valence-electron chi connectivity index (χ1n) is 5.79. The Morgan fingerprint density at radius 1 is 1.00 bits per heavy atom. The molecule has 2 aromatic rings. The number of benzene rings is 2. The van der Waals surface area contributed by atoms with Crippen LogP contribution in [0.25, 0.3) is 0 Å². The molecule has 2 rings (SSSR count). The van der Waals surface area contributed by atoms with Crippen LogP contribution in [0.4, 0.5) is 5.69 Å². The summed E-state index contributed by atoms with van der Waals surface area (Å²) in [5, 5.41) is 4.28. The third-order valence-electron chi connectivity index (χ3n) is 2.47. The highest BCUT2D eigenvalue weighted by Crippen LogP contribution is 2.34. The molecule has 1 amide bonds. The van der Waals surface area contributed by atoms with Crippen molar-refractivity contribution in [1.29, 1.82) is 0 Å². The predicted octanol–water partition coefficient (Wildman–Crippen LogP) is 6.03. The summed E-state index contributed by atoms with van der Waals surface area (Å²) in [6, 6.07) is 10.4. The van der Waals surface area contributed by atoms with Crippen LogP contribution in [-0.2, 0) is 4.79 Å². The van der Waals surface area contributed by atoms with Crippen LogP contribution < -0.4 is 5.32 Å². The van der Waals surface area contributed by atoms with Crippen molar-refractivity contribution in [2.45, 2.75) is 4.90 Å². The van der Waals surface area contributed by atoms with Crippen molar-refractivity contribution in [2.75, 3.05) is 11.1 Å². The third kappa shape index (κ3) is 4.70. The molecule has 0 unspecified atom stereocenters. The molecule has 0 radical (unpaired) electrons. The molecular formula is C14H9Cl4NOS. The molecule has 0 heterocycles. The number of thioether (sulfide) groups is 1. The van der Waals surface area contributed by atoms with Gasteiger partial charge in [-0.3, -0.25) is 4.79 Å². The SMILES string of the molecule is O=C(CSc1ccccc1Cl)Nc1c(Cl)cc(Cl)cc1Cl. The van der Waals surface area contributed by atoms with Gasteiger partial charge in [0.15, 0.2) is 0 Å². The molecule has 0 saturated carbocycles. The predicted molar refractivity (Wildman–Crippen MR) is 92.3 cm³/mol. The van der Waals surface area contributed by atoms with Crippen LogP contribution in [0.2, 0.25) is 20.1 Å². The van der Waals surface area contributed by atoms with Crippen LogP contribution in [-0.4, -0.2) is 11.7 Å². The van der Waals surface area contributed by atoms with Gasteiger partial charge in [0.1, 0.15) is 0 Å². The van der Waals surface area contributed by atoms with E-state index in [1.54, 1.807) is 6.07 Å². The standard InChI is InChI=1S/C14H9Cl4NOS/c15-8-5-10(17)14(11(18)6-8)19-13(20)7-21-12-4-2-1-3-9(12)16/h1-6H,7H2,(H,19,20). The van der Waals surface area contributed by atoms with Crippen LogP contribution >= 0.6 is 58.2 Å². The third-order valence-corrected chi connectivity index (χ3v) is 4.80. The number of halogens is 4. The lowest BCUT2D eigenvalue weighted by Gasteiger charge is -2.10. The van der Waals surface area contributed by atoms with E-state index in [1.807, 2.05) is 18.2 Å². The molecule has 0 atom stereocenters. The van der Waals surface area contributed by atoms with E-state index in [-0.39, 0.29) is 11.7 Å². The van der Waals surface area contributed by atoms with E-state index in [2.05, 4.69) is 5.32 Å². The summed E-state index contributed by atoms with van der Waals surface area (Å²) >= 11 is 25.2. The van der Waals surface area contributed by atoms with Crippen molar-refractivity contribution >= 4 is 69.8 Å². The minimum Gasteiger partial charge on any atom is -0.323 e. The molecule has 0 bridgehead atoms. The first-order valence-corrected chi connectivity index (χ1v) is 8.29. The highest BCUT2D eigenvalue weighted by molar-refractivity contribution is 8.00. The Kier molecular flexibility index (Phi) is 6.08. The second-order valence-corrected chi connectivity index (χ2v) is 6.69. The summed E-state index contributed by atoms with van der Waals surface area (Å²) < 4.78 is 0. The van der Waals surface area contributed by atoms with Gasteiger partial charge in [-0.25, -0.2) is 0 Å². The van der Waals surface area contributed by atoms with Crippen molar-refractivity contribution in [3.05, 3.63) is 56.5 Å². The zero-order chi connectivity index (χ0) is 15.4. The minimum absolute atomic E-state index is 0.193. The highest BCUT2D eigenvalue weighted by atomic mass is 35.5. The summed E-state index contributed by atoms with van der Waals surface area (Å²) in [4.78, 5) is 12.8. The van der Waals surface area contributed by atoms with Crippen molar-refractivity contribution in [3.8, 4) is 0 Å². The molecule has 2 aromatic carbocycles. The van der Waals surface area contributed by atoms with E-state index in [0.717, 1.165) is 4.90 Å². The minimum atomic E-state index is -0.231. The summed E-state index contributed by atoms with van der Waals surface area (Å²) in [6.07, 6.45) is 0. The average molecular weight is 381 g/mol. The molecule has 0 saturated heterocycles. The van der Waals surface area contributed by atoms with E-state index in [4.69, 9.17) is 46.4 Å². The van der Waals surface area contributed by atoms with Crippen LogP contribution in [0.1, 0.15) is 0 Å². The average Bonchev–Trinajstić information content (AvgIpc) is 2.42. The summed E-state index contributed by atoms with van der Waals surface area (Å²) in [6.45, 7) is 0. The van der Waals surface area contributed by atoms with Gasteiger partial charge in [-0.15, -0.1) is 11.8 Å². The molecular weight excluding hydrogens is 372 g/mol. The van der Waals surface area contributed by atoms with Gasteiger partial charge in [0.05, 0.1) is 26.5 Å². The molecule has 2 nitrogen and oxygen atoms in total. The molecule has 21 heavy (non-hydrogen) atoms. The molecule has 0 spiro atoms. The normalized spacial score (nSPS) is 10.5. The Balaban J connectivity index is 2.01. The van der Waals surface area contributed by atoms with Gasteiger partial charge < -0.3 is 5.32 Å². The number of rotatable bonds is 4. The maximum Gasteiger partial charge on any atom is 0.234 e. The molecule has 0 aliphatic heterocycles. The molecule has 0 aliphatic rings. The van der Waals surface area contributed by atoms with Gasteiger partial charge in [0, 0.05) is 9.92 Å². The summed E-state index contributed by atoms with van der Waals surface area (Å²) in [5.41, 5.74) is 0.354. The van der Waals surface area contributed by atoms with Crippen molar-refractivity contribution in [1.82, 2.24) is 0 Å². The second kappa shape index (κ2) is 7.61. The number of hydrogen-bond acceptors (Lipinski definition) is 2. The fourth-order valence-electron chi connectivity index (χ4n) is 1.54. The van der Waals surface area contributed by atoms with E-state index in [1.165, 1.54) is 23.9 Å². The highest BCUT2D eigenvalue weighted by Gasteiger charge is 2.12. The lowest BCUT2D eigenvalue weighted by molar-refractivity contribution is -0.113. The van der Waals surface area contributed by atoms with Crippen molar-refractivity contribution < 1.29 is 4.79 Å². The number of amides is 1. The van der Waals surface area contributed by atoms with E-state index in [9.17, 15) is 4.79 Å². The number of carbonyl (C=O) groups is 1. The van der Waals surface area contributed by atoms with Crippen LogP contribution in [0.3, 0.4) is 0 Å². The second-order valence-electron chi connectivity index (χ2n) is 4.01. The monoisotopic (exact) mass is 379 g/mol. The lowest BCUT2D eigenvalue weighted by Crippen LogP contribution is -2.14. The molecule has 7 heteroatoms. The van der Waals surface area contributed by atoms with Gasteiger partial charge in [-0.05, 0) is 24.3 Å². The maximum absolute atomic E-state index is 12.0. The van der Waals surface area contributed by atoms with E-state index < -0.39 is 0 Å². The molecule has 0 fully saturated rings. The molecule has 1 N–H and O–H groups in total. The fraction of sp³-hybridized carbons (Fsp3) is 0.0714. The Bertz CT molecular complexity index is 655. The van der Waals surface area contributed by atoms with E-state index in [0.29, 0.717) is 25.8 Å².